The normalized spacial score (nSPS) is 11.9. The van der Waals surface area contributed by atoms with Crippen LogP contribution in [0.1, 0.15) is 5.56 Å². The van der Waals surface area contributed by atoms with Crippen LogP contribution in [0.15, 0.2) is 46.1 Å². The summed E-state index contributed by atoms with van der Waals surface area (Å²) in [6.45, 7) is 6.52. The highest BCUT2D eigenvalue weighted by atomic mass is 32.1. The van der Waals surface area contributed by atoms with Crippen molar-refractivity contribution in [3.63, 3.8) is 0 Å². The Labute approximate surface area is 113 Å². The van der Waals surface area contributed by atoms with Gasteiger partial charge >= 0.3 is 0 Å². The molecule has 94 valence electrons. The van der Waals surface area contributed by atoms with Crippen LogP contribution in [0.5, 0.6) is 5.75 Å². The van der Waals surface area contributed by atoms with E-state index in [0.717, 1.165) is 17.0 Å². The first-order chi connectivity index (χ1) is 8.54. The first-order valence-corrected chi connectivity index (χ1v) is 10.2. The first-order valence-electron chi connectivity index (χ1n) is 5.89. The predicted octanol–water partition coefficient (Wildman–Crippen LogP) is 4.71. The molecule has 0 spiro atoms. The molecule has 0 aliphatic heterocycles. The summed E-state index contributed by atoms with van der Waals surface area (Å²) < 4.78 is 6.03. The molecule has 0 bridgehead atoms. The van der Waals surface area contributed by atoms with Gasteiger partial charge in [0.25, 0.3) is 0 Å². The Bertz CT molecular complexity index is 529. The van der Waals surface area contributed by atoms with Gasteiger partial charge in [0.15, 0.2) is 0 Å². The van der Waals surface area contributed by atoms with Crippen LogP contribution < -0.4 is 4.43 Å². The van der Waals surface area contributed by atoms with Crippen molar-refractivity contribution in [3.05, 3.63) is 46.7 Å². The Morgan fingerprint density at radius 2 is 1.94 bits per heavy atom. The maximum Gasteiger partial charge on any atom is 0.242 e. The van der Waals surface area contributed by atoms with Gasteiger partial charge in [-0.2, -0.15) is 11.3 Å². The van der Waals surface area contributed by atoms with Crippen molar-refractivity contribution in [2.75, 3.05) is 0 Å². The number of hydrogen-bond acceptors (Lipinski definition) is 3. The van der Waals surface area contributed by atoms with Gasteiger partial charge < -0.3 is 4.43 Å². The number of thiophene rings is 1. The van der Waals surface area contributed by atoms with Gasteiger partial charge in [-0.05, 0) is 48.6 Å². The summed E-state index contributed by atoms with van der Waals surface area (Å²) in [6.07, 6.45) is 1.88. The van der Waals surface area contributed by atoms with Gasteiger partial charge in [0.2, 0.25) is 8.32 Å². The van der Waals surface area contributed by atoms with Crippen LogP contribution in [0.25, 0.3) is 0 Å². The molecule has 0 fully saturated rings. The standard InChI is InChI=1S/C14H17NOSSi/c1-18(2,3)16-14-7-5-4-6-13(14)15-10-12-8-9-17-11-12/h4-11H,1-3H3/b15-10+. The van der Waals surface area contributed by atoms with Crippen molar-refractivity contribution in [2.45, 2.75) is 19.6 Å². The molecule has 2 nitrogen and oxygen atoms in total. The van der Waals surface area contributed by atoms with Crippen LogP contribution >= 0.6 is 11.3 Å². The molecular weight excluding hydrogens is 258 g/mol. The highest BCUT2D eigenvalue weighted by Crippen LogP contribution is 2.29. The van der Waals surface area contributed by atoms with Gasteiger partial charge in [0.1, 0.15) is 11.4 Å². The van der Waals surface area contributed by atoms with E-state index in [1.807, 2.05) is 35.9 Å². The summed E-state index contributed by atoms with van der Waals surface area (Å²) >= 11 is 1.67. The van der Waals surface area contributed by atoms with Crippen LogP contribution in [-0.4, -0.2) is 14.5 Å². The second-order valence-electron chi connectivity index (χ2n) is 5.00. The van der Waals surface area contributed by atoms with E-state index in [-0.39, 0.29) is 0 Å². The molecule has 0 atom stereocenters. The van der Waals surface area contributed by atoms with Gasteiger partial charge in [-0.15, -0.1) is 0 Å². The van der Waals surface area contributed by atoms with Crippen LogP contribution in [0.4, 0.5) is 5.69 Å². The van der Waals surface area contributed by atoms with E-state index in [1.165, 1.54) is 0 Å². The van der Waals surface area contributed by atoms with Crippen LogP contribution in [0.2, 0.25) is 19.6 Å². The molecule has 0 saturated carbocycles. The number of aliphatic imine (C=N–C) groups is 1. The molecule has 2 rings (SSSR count). The van der Waals surface area contributed by atoms with Crippen LogP contribution in [0.3, 0.4) is 0 Å². The van der Waals surface area contributed by atoms with E-state index >= 15 is 0 Å². The molecule has 0 N–H and O–H groups in total. The lowest BCUT2D eigenvalue weighted by Gasteiger charge is -2.20. The van der Waals surface area contributed by atoms with Crippen LogP contribution in [0, 0.1) is 0 Å². The van der Waals surface area contributed by atoms with Gasteiger partial charge in [-0.3, -0.25) is 4.99 Å². The quantitative estimate of drug-likeness (QED) is 0.585. The van der Waals surface area contributed by atoms with Gasteiger partial charge in [0, 0.05) is 11.8 Å². The molecule has 0 unspecified atom stereocenters. The van der Waals surface area contributed by atoms with Crippen molar-refractivity contribution < 1.29 is 4.43 Å². The summed E-state index contributed by atoms with van der Waals surface area (Å²) in [5, 5.41) is 4.12. The minimum absolute atomic E-state index is 0.878. The number of benzene rings is 1. The molecule has 4 heteroatoms. The molecular formula is C14H17NOSSi. The smallest absolute Gasteiger partial charge is 0.242 e. The Morgan fingerprint density at radius 3 is 2.61 bits per heavy atom. The maximum atomic E-state index is 6.03. The average Bonchev–Trinajstić information content (AvgIpc) is 2.79. The average molecular weight is 275 g/mol. The summed E-state index contributed by atoms with van der Waals surface area (Å²) in [6, 6.07) is 9.99. The van der Waals surface area contributed by atoms with E-state index in [9.17, 15) is 0 Å². The van der Waals surface area contributed by atoms with E-state index in [4.69, 9.17) is 4.43 Å². The fourth-order valence-electron chi connectivity index (χ4n) is 1.47. The van der Waals surface area contributed by atoms with Crippen LogP contribution in [-0.2, 0) is 0 Å². The van der Waals surface area contributed by atoms with Crippen molar-refractivity contribution in [3.8, 4) is 5.75 Å². The lowest BCUT2D eigenvalue weighted by atomic mass is 10.3. The summed E-state index contributed by atoms with van der Waals surface area (Å²) in [4.78, 5) is 4.51. The SMILES string of the molecule is C[Si](C)(C)Oc1ccccc1/N=C/c1ccsc1. The molecule has 0 aliphatic carbocycles. The molecule has 0 amide bonds. The second kappa shape index (κ2) is 5.50. The monoisotopic (exact) mass is 275 g/mol. The van der Waals surface area contributed by atoms with E-state index in [1.54, 1.807) is 11.3 Å². The molecule has 1 heterocycles. The number of para-hydroxylation sites is 2. The molecule has 1 aromatic carbocycles. The molecule has 0 aliphatic rings. The maximum absolute atomic E-state index is 6.03. The van der Waals surface area contributed by atoms with E-state index in [2.05, 4.69) is 36.1 Å². The topological polar surface area (TPSA) is 21.6 Å². The largest absolute Gasteiger partial charge is 0.543 e. The lowest BCUT2D eigenvalue weighted by Crippen LogP contribution is -2.29. The highest BCUT2D eigenvalue weighted by Gasteiger charge is 2.17. The van der Waals surface area contributed by atoms with Gasteiger partial charge in [-0.25, -0.2) is 0 Å². The fraction of sp³-hybridized carbons (Fsp3) is 0.214. The zero-order chi connectivity index (χ0) is 13.0. The zero-order valence-corrected chi connectivity index (χ0v) is 12.7. The third-order valence-electron chi connectivity index (χ3n) is 2.18. The third-order valence-corrected chi connectivity index (χ3v) is 3.71. The Morgan fingerprint density at radius 1 is 1.17 bits per heavy atom. The summed E-state index contributed by atoms with van der Waals surface area (Å²) in [5.41, 5.74) is 2.02. The number of rotatable bonds is 4. The molecule has 2 aromatic rings. The zero-order valence-electron chi connectivity index (χ0n) is 10.9. The van der Waals surface area contributed by atoms with Crippen molar-refractivity contribution in [2.24, 2.45) is 4.99 Å². The summed E-state index contributed by atoms with van der Waals surface area (Å²) in [5.74, 6) is 0.878. The predicted molar refractivity (Wildman–Crippen MR) is 82.0 cm³/mol. The van der Waals surface area contributed by atoms with Crippen molar-refractivity contribution in [1.82, 2.24) is 0 Å². The second-order valence-corrected chi connectivity index (χ2v) is 10.2. The minimum atomic E-state index is -1.60. The third kappa shape index (κ3) is 3.82. The van der Waals surface area contributed by atoms with E-state index in [0.29, 0.717) is 0 Å². The molecule has 1 aromatic heterocycles. The first kappa shape index (κ1) is 13.0. The number of nitrogens with zero attached hydrogens (tertiary/aromatic N) is 1. The van der Waals surface area contributed by atoms with Gasteiger partial charge in [-0.1, -0.05) is 12.1 Å². The Hall–Kier alpha value is -1.39. The van der Waals surface area contributed by atoms with Crippen molar-refractivity contribution >= 4 is 31.6 Å². The summed E-state index contributed by atoms with van der Waals surface area (Å²) in [7, 11) is -1.60. The fourth-order valence-corrected chi connectivity index (χ4v) is 2.92. The Kier molecular flexibility index (Phi) is 3.99. The van der Waals surface area contributed by atoms with Gasteiger partial charge in [0.05, 0.1) is 0 Å². The van der Waals surface area contributed by atoms with Crippen molar-refractivity contribution in [1.29, 1.82) is 0 Å². The molecule has 0 radical (unpaired) electrons. The highest BCUT2D eigenvalue weighted by molar-refractivity contribution is 7.08. The lowest BCUT2D eigenvalue weighted by molar-refractivity contribution is 0.559. The molecule has 18 heavy (non-hydrogen) atoms. The Balaban J connectivity index is 2.22. The molecule has 0 saturated heterocycles. The van der Waals surface area contributed by atoms with E-state index < -0.39 is 8.32 Å². The minimum Gasteiger partial charge on any atom is -0.543 e. The number of hydrogen-bond donors (Lipinski definition) is 0.